The van der Waals surface area contributed by atoms with Crippen molar-refractivity contribution in [1.29, 1.82) is 0 Å². The van der Waals surface area contributed by atoms with E-state index in [1.54, 1.807) is 24.1 Å². The standard InChI is InChI=1S/C20H30N4O5/c1-28-13-4-7-21-18(25)15-22-9-11-23(12-10-22)19(26)16-5-2-8-24(16)20(27)17-6-3-14-29-17/h3,6,14,16H,2,4-5,7-13,15H2,1H3,(H,21,25). The van der Waals surface area contributed by atoms with Gasteiger partial charge in [-0.05, 0) is 31.4 Å². The number of amides is 3. The monoisotopic (exact) mass is 406 g/mol. The van der Waals surface area contributed by atoms with Gasteiger partial charge in [0.15, 0.2) is 5.76 Å². The molecule has 0 aliphatic carbocycles. The molecule has 1 aromatic heterocycles. The van der Waals surface area contributed by atoms with Gasteiger partial charge in [0.2, 0.25) is 11.8 Å². The number of carbonyl (C=O) groups is 3. The Morgan fingerprint density at radius 3 is 2.69 bits per heavy atom. The third-order valence-corrected chi connectivity index (χ3v) is 5.43. The van der Waals surface area contributed by atoms with Crippen LogP contribution in [0, 0.1) is 0 Å². The zero-order chi connectivity index (χ0) is 20.6. The molecule has 2 aliphatic heterocycles. The molecule has 0 saturated carbocycles. The second-order valence-corrected chi connectivity index (χ2v) is 7.43. The molecule has 2 saturated heterocycles. The van der Waals surface area contributed by atoms with Gasteiger partial charge in [0.05, 0.1) is 12.8 Å². The van der Waals surface area contributed by atoms with Crippen LogP contribution in [0.1, 0.15) is 29.8 Å². The summed E-state index contributed by atoms with van der Waals surface area (Å²) in [6.07, 6.45) is 3.74. The predicted octanol–water partition coefficient (Wildman–Crippen LogP) is 0.181. The number of hydrogen-bond acceptors (Lipinski definition) is 6. The summed E-state index contributed by atoms with van der Waals surface area (Å²) in [4.78, 5) is 43.1. The molecule has 1 N–H and O–H groups in total. The first-order valence-corrected chi connectivity index (χ1v) is 10.2. The number of nitrogens with zero attached hydrogens (tertiary/aromatic N) is 3. The van der Waals surface area contributed by atoms with E-state index in [1.165, 1.54) is 6.26 Å². The Bertz CT molecular complexity index is 685. The smallest absolute Gasteiger partial charge is 0.290 e. The summed E-state index contributed by atoms with van der Waals surface area (Å²) in [5.74, 6) is 0.0265. The summed E-state index contributed by atoms with van der Waals surface area (Å²) in [6, 6.07) is 2.87. The second-order valence-electron chi connectivity index (χ2n) is 7.43. The number of likely N-dealkylation sites (tertiary alicyclic amines) is 1. The zero-order valence-electron chi connectivity index (χ0n) is 17.0. The highest BCUT2D eigenvalue weighted by Crippen LogP contribution is 2.22. The second kappa shape index (κ2) is 10.4. The number of rotatable bonds is 8. The van der Waals surface area contributed by atoms with E-state index in [4.69, 9.17) is 9.15 Å². The van der Waals surface area contributed by atoms with Crippen molar-refractivity contribution >= 4 is 17.7 Å². The predicted molar refractivity (Wildman–Crippen MR) is 105 cm³/mol. The van der Waals surface area contributed by atoms with Crippen LogP contribution in [-0.4, -0.2) is 98.0 Å². The maximum Gasteiger partial charge on any atom is 0.290 e. The van der Waals surface area contributed by atoms with Gasteiger partial charge in [-0.15, -0.1) is 0 Å². The summed E-state index contributed by atoms with van der Waals surface area (Å²) >= 11 is 0. The van der Waals surface area contributed by atoms with Crippen molar-refractivity contribution < 1.29 is 23.5 Å². The van der Waals surface area contributed by atoms with Crippen molar-refractivity contribution in [2.75, 3.05) is 59.5 Å². The maximum atomic E-state index is 13.0. The molecule has 3 amide bonds. The first-order chi connectivity index (χ1) is 14.1. The van der Waals surface area contributed by atoms with Crippen molar-refractivity contribution in [2.45, 2.75) is 25.3 Å². The van der Waals surface area contributed by atoms with Crippen molar-refractivity contribution in [3.8, 4) is 0 Å². The molecular weight excluding hydrogens is 376 g/mol. The molecule has 2 aliphatic rings. The van der Waals surface area contributed by atoms with E-state index in [9.17, 15) is 14.4 Å². The lowest BCUT2D eigenvalue weighted by atomic mass is 10.1. The van der Waals surface area contributed by atoms with Crippen LogP contribution in [-0.2, 0) is 14.3 Å². The van der Waals surface area contributed by atoms with Gasteiger partial charge in [0.1, 0.15) is 6.04 Å². The summed E-state index contributed by atoms with van der Waals surface area (Å²) in [5, 5.41) is 2.88. The Morgan fingerprint density at radius 2 is 2.00 bits per heavy atom. The van der Waals surface area contributed by atoms with E-state index >= 15 is 0 Å². The van der Waals surface area contributed by atoms with Gasteiger partial charge in [-0.2, -0.15) is 0 Å². The van der Waals surface area contributed by atoms with Gasteiger partial charge < -0.3 is 24.3 Å². The van der Waals surface area contributed by atoms with E-state index in [0.29, 0.717) is 58.8 Å². The third-order valence-electron chi connectivity index (χ3n) is 5.43. The van der Waals surface area contributed by atoms with Gasteiger partial charge in [0.25, 0.3) is 5.91 Å². The van der Waals surface area contributed by atoms with Crippen LogP contribution in [0.5, 0.6) is 0 Å². The van der Waals surface area contributed by atoms with Gasteiger partial charge in [-0.3, -0.25) is 19.3 Å². The molecule has 9 heteroatoms. The molecule has 0 radical (unpaired) electrons. The molecule has 3 heterocycles. The molecule has 160 valence electrons. The Kier molecular flexibility index (Phi) is 7.65. The number of carbonyl (C=O) groups excluding carboxylic acids is 3. The number of nitrogens with one attached hydrogen (secondary N) is 1. The number of methoxy groups -OCH3 is 1. The molecule has 0 bridgehead atoms. The Balaban J connectivity index is 1.44. The lowest BCUT2D eigenvalue weighted by molar-refractivity contribution is -0.137. The van der Waals surface area contributed by atoms with Crippen molar-refractivity contribution in [1.82, 2.24) is 20.0 Å². The lowest BCUT2D eigenvalue weighted by Gasteiger charge is -2.37. The molecule has 9 nitrogen and oxygen atoms in total. The molecule has 1 atom stereocenters. The quantitative estimate of drug-likeness (QED) is 0.619. The number of ether oxygens (including phenoxy) is 1. The molecule has 2 fully saturated rings. The largest absolute Gasteiger partial charge is 0.459 e. The Labute approximate surface area is 170 Å². The SMILES string of the molecule is COCCCNC(=O)CN1CCN(C(=O)C2CCCN2C(=O)c2ccco2)CC1. The average Bonchev–Trinajstić information content (AvgIpc) is 3.43. The molecule has 0 aromatic carbocycles. The zero-order valence-corrected chi connectivity index (χ0v) is 17.0. The maximum absolute atomic E-state index is 13.0. The van der Waals surface area contributed by atoms with Crippen LogP contribution in [0.25, 0.3) is 0 Å². The van der Waals surface area contributed by atoms with E-state index in [2.05, 4.69) is 10.2 Å². The highest BCUT2D eigenvalue weighted by molar-refractivity contribution is 5.96. The third kappa shape index (κ3) is 5.57. The molecule has 3 rings (SSSR count). The van der Waals surface area contributed by atoms with Crippen molar-refractivity contribution in [3.05, 3.63) is 24.2 Å². The highest BCUT2D eigenvalue weighted by atomic mass is 16.5. The van der Waals surface area contributed by atoms with Crippen molar-refractivity contribution in [2.24, 2.45) is 0 Å². The number of piperazine rings is 1. The molecule has 0 spiro atoms. The van der Waals surface area contributed by atoms with Crippen LogP contribution < -0.4 is 5.32 Å². The van der Waals surface area contributed by atoms with E-state index < -0.39 is 6.04 Å². The molecular formula is C20H30N4O5. The summed E-state index contributed by atoms with van der Waals surface area (Å²) in [6.45, 7) is 4.56. The molecule has 1 aromatic rings. The Morgan fingerprint density at radius 1 is 1.21 bits per heavy atom. The normalized spacial score (nSPS) is 20.1. The molecule has 29 heavy (non-hydrogen) atoms. The van der Waals surface area contributed by atoms with Crippen LogP contribution >= 0.6 is 0 Å². The van der Waals surface area contributed by atoms with Gasteiger partial charge >= 0.3 is 0 Å². The topological polar surface area (TPSA) is 95.3 Å². The minimum Gasteiger partial charge on any atom is -0.459 e. The first kappa shape index (κ1) is 21.3. The van der Waals surface area contributed by atoms with Crippen LogP contribution in [0.4, 0.5) is 0 Å². The molecule has 1 unspecified atom stereocenters. The minimum absolute atomic E-state index is 0.00751. The van der Waals surface area contributed by atoms with E-state index in [0.717, 1.165) is 12.8 Å². The van der Waals surface area contributed by atoms with E-state index in [1.807, 2.05) is 4.90 Å². The van der Waals surface area contributed by atoms with E-state index in [-0.39, 0.29) is 23.5 Å². The fraction of sp³-hybridized carbons (Fsp3) is 0.650. The van der Waals surface area contributed by atoms with Crippen LogP contribution in [0.3, 0.4) is 0 Å². The summed E-state index contributed by atoms with van der Waals surface area (Å²) in [7, 11) is 1.64. The average molecular weight is 406 g/mol. The number of hydrogen-bond donors (Lipinski definition) is 1. The summed E-state index contributed by atoms with van der Waals surface area (Å²) < 4.78 is 10.2. The first-order valence-electron chi connectivity index (χ1n) is 10.2. The lowest BCUT2D eigenvalue weighted by Crippen LogP contribution is -2.55. The van der Waals surface area contributed by atoms with Crippen molar-refractivity contribution in [3.63, 3.8) is 0 Å². The van der Waals surface area contributed by atoms with Gasteiger partial charge in [-0.1, -0.05) is 0 Å². The number of furan rings is 1. The Hall–Kier alpha value is -2.39. The fourth-order valence-corrected chi connectivity index (χ4v) is 3.85. The van der Waals surface area contributed by atoms with Crippen LogP contribution in [0.2, 0.25) is 0 Å². The highest BCUT2D eigenvalue weighted by Gasteiger charge is 2.38. The fourth-order valence-electron chi connectivity index (χ4n) is 3.85. The summed E-state index contributed by atoms with van der Waals surface area (Å²) in [5.41, 5.74) is 0. The van der Waals surface area contributed by atoms with Gasteiger partial charge in [-0.25, -0.2) is 0 Å². The van der Waals surface area contributed by atoms with Crippen LogP contribution in [0.15, 0.2) is 22.8 Å². The van der Waals surface area contributed by atoms with Gasteiger partial charge in [0, 0.05) is 53.0 Å². The minimum atomic E-state index is -0.428.